The number of carboxylic acids is 1. The van der Waals surface area contributed by atoms with Gasteiger partial charge in [0.05, 0.1) is 5.56 Å². The second kappa shape index (κ2) is 10.0. The molecule has 1 aromatic rings. The number of carboxylic acid groups (broad SMARTS) is 1. The monoisotopic (exact) mass is 582 g/mol. The number of ketones is 1. The molecule has 0 aliphatic heterocycles. The fourth-order valence-corrected chi connectivity index (χ4v) is 12.7. The largest absolute Gasteiger partial charge is 0.478 e. The Morgan fingerprint density at radius 3 is 2.19 bits per heavy atom. The van der Waals surface area contributed by atoms with Crippen LogP contribution in [0.25, 0.3) is 5.57 Å². The van der Waals surface area contributed by atoms with Crippen molar-refractivity contribution in [1.82, 2.24) is 0 Å². The molecule has 0 heterocycles. The Balaban J connectivity index is 1.36. The molecule has 232 valence electrons. The number of hydrogen-bond acceptors (Lipinski definition) is 2. The summed E-state index contributed by atoms with van der Waals surface area (Å²) in [6.45, 7) is 21.4. The van der Waals surface area contributed by atoms with Crippen LogP contribution in [0, 0.1) is 56.7 Å². The van der Waals surface area contributed by atoms with Crippen LogP contribution in [-0.2, 0) is 4.79 Å². The van der Waals surface area contributed by atoms with Gasteiger partial charge in [-0.2, -0.15) is 0 Å². The predicted molar refractivity (Wildman–Crippen MR) is 176 cm³/mol. The number of carbonyl (C=O) groups excluding carboxylic acids is 1. The number of rotatable bonds is 5. The summed E-state index contributed by atoms with van der Waals surface area (Å²) in [5.74, 6) is 2.38. The molecule has 3 nitrogen and oxygen atoms in total. The highest BCUT2D eigenvalue weighted by molar-refractivity contribution is 5.88. The van der Waals surface area contributed by atoms with Gasteiger partial charge in [-0.05, 0) is 158 Å². The first-order valence-corrected chi connectivity index (χ1v) is 17.0. The molecule has 4 fully saturated rings. The Bertz CT molecular complexity index is 1390. The van der Waals surface area contributed by atoms with E-state index in [1.54, 1.807) is 19.1 Å². The zero-order valence-corrected chi connectivity index (χ0v) is 27.8. The standard InChI is InChI=1S/C40H54O3/c1-25(2)29-16-22-40(21-15-26(3)41)24-23-38(7)31(34(29)40)13-14-33-37(6)19-17-30(27-9-11-28(12-10-27)35(42)43)36(4,5)32(37)18-20-39(33,38)8/h9-12,15,17,21,29,31-34H,1,13-14,16,18-20,22-24H2,2-8H3,(H,42,43)/b21-15+/t29-,31+,32-,33+,34+,37-,38+,39+,40+/m0/s1. The van der Waals surface area contributed by atoms with Gasteiger partial charge in [0.25, 0.3) is 0 Å². The van der Waals surface area contributed by atoms with E-state index < -0.39 is 5.97 Å². The molecule has 43 heavy (non-hydrogen) atoms. The minimum Gasteiger partial charge on any atom is -0.478 e. The van der Waals surface area contributed by atoms with Crippen LogP contribution in [0.5, 0.6) is 0 Å². The number of hydrogen-bond donors (Lipinski definition) is 1. The molecule has 0 bridgehead atoms. The van der Waals surface area contributed by atoms with Gasteiger partial charge in [-0.15, -0.1) is 0 Å². The van der Waals surface area contributed by atoms with Crippen molar-refractivity contribution in [2.45, 2.75) is 106 Å². The van der Waals surface area contributed by atoms with Crippen LogP contribution in [-0.4, -0.2) is 16.9 Å². The Labute approximate surface area is 260 Å². The number of allylic oxidation sites excluding steroid dienone is 5. The first-order chi connectivity index (χ1) is 20.1. The molecule has 9 atom stereocenters. The summed E-state index contributed by atoms with van der Waals surface area (Å²) in [6, 6.07) is 7.57. The molecule has 0 saturated heterocycles. The fourth-order valence-electron chi connectivity index (χ4n) is 12.7. The highest BCUT2D eigenvalue weighted by Crippen LogP contribution is 2.77. The molecule has 0 spiro atoms. The lowest BCUT2D eigenvalue weighted by Crippen LogP contribution is -2.65. The number of aromatic carboxylic acids is 1. The summed E-state index contributed by atoms with van der Waals surface area (Å²) in [5.41, 5.74) is 5.23. The summed E-state index contributed by atoms with van der Waals surface area (Å²) < 4.78 is 0. The van der Waals surface area contributed by atoms with E-state index in [-0.39, 0.29) is 32.9 Å². The molecule has 0 aromatic heterocycles. The quantitative estimate of drug-likeness (QED) is 0.278. The lowest BCUT2D eigenvalue weighted by atomic mass is 9.32. The Kier molecular flexibility index (Phi) is 7.15. The van der Waals surface area contributed by atoms with Crippen molar-refractivity contribution in [1.29, 1.82) is 0 Å². The second-order valence-electron chi connectivity index (χ2n) is 16.8. The van der Waals surface area contributed by atoms with E-state index in [0.29, 0.717) is 35.2 Å². The molecule has 1 aromatic carbocycles. The van der Waals surface area contributed by atoms with E-state index in [1.807, 2.05) is 18.2 Å². The minimum absolute atomic E-state index is 0.0204. The highest BCUT2D eigenvalue weighted by atomic mass is 16.4. The van der Waals surface area contributed by atoms with Crippen LogP contribution in [0.3, 0.4) is 0 Å². The Morgan fingerprint density at radius 2 is 1.56 bits per heavy atom. The van der Waals surface area contributed by atoms with E-state index in [1.165, 1.54) is 68.1 Å². The third-order valence-corrected chi connectivity index (χ3v) is 14.8. The maximum atomic E-state index is 12.1. The van der Waals surface area contributed by atoms with Crippen LogP contribution in [0.1, 0.15) is 122 Å². The van der Waals surface area contributed by atoms with Gasteiger partial charge < -0.3 is 5.11 Å². The van der Waals surface area contributed by atoms with E-state index in [0.717, 1.165) is 6.42 Å². The molecule has 0 amide bonds. The first-order valence-electron chi connectivity index (χ1n) is 17.0. The Morgan fingerprint density at radius 1 is 0.860 bits per heavy atom. The molecule has 1 N–H and O–H groups in total. The maximum absolute atomic E-state index is 12.1. The zero-order valence-electron chi connectivity index (χ0n) is 27.8. The number of carbonyl (C=O) groups is 2. The number of fused-ring (bicyclic) bond motifs is 7. The molecule has 0 radical (unpaired) electrons. The van der Waals surface area contributed by atoms with Gasteiger partial charge in [-0.25, -0.2) is 4.79 Å². The molecular weight excluding hydrogens is 528 g/mol. The van der Waals surface area contributed by atoms with Crippen LogP contribution in [0.15, 0.2) is 54.6 Å². The highest BCUT2D eigenvalue weighted by Gasteiger charge is 2.70. The van der Waals surface area contributed by atoms with Crippen LogP contribution < -0.4 is 0 Å². The van der Waals surface area contributed by atoms with E-state index in [4.69, 9.17) is 0 Å². The zero-order chi connectivity index (χ0) is 31.2. The molecule has 6 rings (SSSR count). The van der Waals surface area contributed by atoms with Crippen molar-refractivity contribution in [3.63, 3.8) is 0 Å². The van der Waals surface area contributed by atoms with Gasteiger partial charge in [0.2, 0.25) is 0 Å². The van der Waals surface area contributed by atoms with E-state index >= 15 is 0 Å². The number of benzene rings is 1. The van der Waals surface area contributed by atoms with Gasteiger partial charge in [-0.1, -0.05) is 71.1 Å². The summed E-state index contributed by atoms with van der Waals surface area (Å²) in [7, 11) is 0. The van der Waals surface area contributed by atoms with E-state index in [9.17, 15) is 14.7 Å². The van der Waals surface area contributed by atoms with Gasteiger partial charge in [-0.3, -0.25) is 4.79 Å². The molecule has 4 saturated carbocycles. The average Bonchev–Trinajstić information content (AvgIpc) is 3.32. The third-order valence-electron chi connectivity index (χ3n) is 14.8. The summed E-state index contributed by atoms with van der Waals surface area (Å²) >= 11 is 0. The van der Waals surface area contributed by atoms with Crippen molar-refractivity contribution in [2.24, 2.45) is 56.7 Å². The normalized spacial score (nSPS) is 43.1. The van der Waals surface area contributed by atoms with E-state index in [2.05, 4.69) is 60.3 Å². The van der Waals surface area contributed by atoms with Crippen LogP contribution >= 0.6 is 0 Å². The molecular formula is C40H54O3. The lowest BCUT2D eigenvalue weighted by Gasteiger charge is -2.72. The molecule has 5 aliphatic rings. The predicted octanol–water partition coefficient (Wildman–Crippen LogP) is 10.2. The third kappa shape index (κ3) is 4.26. The summed E-state index contributed by atoms with van der Waals surface area (Å²) in [6.07, 6.45) is 17.8. The first kappa shape index (κ1) is 30.6. The second-order valence-corrected chi connectivity index (χ2v) is 16.8. The van der Waals surface area contributed by atoms with Crippen molar-refractivity contribution < 1.29 is 14.7 Å². The average molecular weight is 583 g/mol. The maximum Gasteiger partial charge on any atom is 0.335 e. The smallest absolute Gasteiger partial charge is 0.335 e. The van der Waals surface area contributed by atoms with Crippen molar-refractivity contribution in [2.75, 3.05) is 0 Å². The summed E-state index contributed by atoms with van der Waals surface area (Å²) in [5, 5.41) is 9.43. The topological polar surface area (TPSA) is 54.4 Å². The fraction of sp³-hybridized carbons (Fsp3) is 0.650. The molecule has 0 unspecified atom stereocenters. The van der Waals surface area contributed by atoms with Crippen LogP contribution in [0.4, 0.5) is 0 Å². The van der Waals surface area contributed by atoms with Gasteiger partial charge in [0.1, 0.15) is 0 Å². The minimum atomic E-state index is -0.867. The van der Waals surface area contributed by atoms with Gasteiger partial charge in [0, 0.05) is 0 Å². The molecule has 3 heteroatoms. The van der Waals surface area contributed by atoms with Gasteiger partial charge >= 0.3 is 5.97 Å². The van der Waals surface area contributed by atoms with Crippen LogP contribution in [0.2, 0.25) is 0 Å². The van der Waals surface area contributed by atoms with Crippen molar-refractivity contribution in [3.05, 3.63) is 65.8 Å². The SMILES string of the molecule is C=C(C)[C@@H]1CC[C@]2(/C=C/C(C)=O)CC[C@]3(C)[C@H](CC[C@@H]4[C@@]5(C)CC=C(c6ccc(C(=O)O)cc6)C(C)(C)[C@@H]5CC[C@]43C)[C@@H]12. The van der Waals surface area contributed by atoms with Crippen molar-refractivity contribution >= 4 is 17.3 Å². The molecule has 5 aliphatic carbocycles. The Hall–Kier alpha value is -2.42. The van der Waals surface area contributed by atoms with Crippen molar-refractivity contribution in [3.8, 4) is 0 Å². The van der Waals surface area contributed by atoms with Gasteiger partial charge in [0.15, 0.2) is 5.78 Å². The summed E-state index contributed by atoms with van der Waals surface area (Å²) in [4.78, 5) is 23.6. The lowest BCUT2D eigenvalue weighted by molar-refractivity contribution is -0.221.